The zero-order chi connectivity index (χ0) is 30.7. The van der Waals surface area contributed by atoms with Gasteiger partial charge in [-0.25, -0.2) is 4.79 Å². The van der Waals surface area contributed by atoms with Crippen molar-refractivity contribution in [3.8, 4) is 28.7 Å². The molecule has 1 N–H and O–H groups in total. The molecule has 0 saturated carbocycles. The van der Waals surface area contributed by atoms with E-state index in [2.05, 4.69) is 8.75 Å². The highest BCUT2D eigenvalue weighted by Crippen LogP contribution is 2.41. The van der Waals surface area contributed by atoms with Crippen LogP contribution >= 0.6 is 11.7 Å². The van der Waals surface area contributed by atoms with E-state index in [1.807, 2.05) is 27.7 Å². The summed E-state index contributed by atoms with van der Waals surface area (Å²) in [6, 6.07) is 13.3. The lowest BCUT2D eigenvalue weighted by atomic mass is 9.89. The number of Topliss-reactive ketones (excluding diaryl/α,β-unsaturated/α-hetero) is 1. The number of carbonyl (C=O) groups is 2. The Balaban J connectivity index is 1.69. The van der Waals surface area contributed by atoms with Crippen LogP contribution < -0.4 is 23.7 Å². The van der Waals surface area contributed by atoms with Gasteiger partial charge in [-0.15, -0.1) is 0 Å². The van der Waals surface area contributed by atoms with E-state index in [4.69, 9.17) is 23.7 Å². The molecule has 0 fully saturated rings. The summed E-state index contributed by atoms with van der Waals surface area (Å²) in [5.41, 5.74) is 2.28. The first kappa shape index (κ1) is 29.8. The van der Waals surface area contributed by atoms with Crippen LogP contribution in [-0.2, 0) is 11.2 Å². The summed E-state index contributed by atoms with van der Waals surface area (Å²) in [6.07, 6.45) is -0.387. The molecule has 0 radical (unpaired) electrons. The van der Waals surface area contributed by atoms with Crippen LogP contribution in [-0.4, -0.2) is 58.1 Å². The van der Waals surface area contributed by atoms with E-state index in [0.29, 0.717) is 64.1 Å². The summed E-state index contributed by atoms with van der Waals surface area (Å²) in [6.45, 7) is 8.32. The summed E-state index contributed by atoms with van der Waals surface area (Å²) < 4.78 is 37.6. The SMILES string of the molecule is COc1cc(C/C(C(=O)c2ccc3c(c2)OCCO3)=C(\C(=O)O)c2ccc3nsnc3c2)cc(OC(C)C)c1OC(C)C. The van der Waals surface area contributed by atoms with Gasteiger partial charge in [-0.3, -0.25) is 4.79 Å². The normalized spacial score (nSPS) is 13.2. The molecular formula is C32H32N2O8S. The number of hydrogen-bond acceptors (Lipinski definition) is 10. The van der Waals surface area contributed by atoms with Gasteiger partial charge in [0.15, 0.2) is 28.8 Å². The van der Waals surface area contributed by atoms with Crippen LogP contribution in [0.3, 0.4) is 0 Å². The molecule has 0 unspecified atom stereocenters. The molecule has 0 saturated heterocycles. The molecule has 0 bridgehead atoms. The fourth-order valence-electron chi connectivity index (χ4n) is 4.79. The minimum absolute atomic E-state index is 0.0466. The van der Waals surface area contributed by atoms with Crippen molar-refractivity contribution in [2.45, 2.75) is 46.3 Å². The van der Waals surface area contributed by atoms with Crippen molar-refractivity contribution >= 4 is 40.1 Å². The van der Waals surface area contributed by atoms with Crippen LogP contribution in [0.1, 0.15) is 49.2 Å². The zero-order valence-corrected chi connectivity index (χ0v) is 25.3. The third-order valence-corrected chi connectivity index (χ3v) is 7.09. The molecule has 0 atom stereocenters. The Morgan fingerprint density at radius 3 is 2.23 bits per heavy atom. The van der Waals surface area contributed by atoms with E-state index in [1.54, 1.807) is 48.5 Å². The number of aliphatic carboxylic acids is 1. The van der Waals surface area contributed by atoms with Crippen molar-refractivity contribution in [1.29, 1.82) is 0 Å². The molecule has 1 aliphatic heterocycles. The average Bonchev–Trinajstić information content (AvgIpc) is 3.45. The lowest BCUT2D eigenvalue weighted by Crippen LogP contribution is -2.17. The number of carboxylic acids is 1. The standard InChI is InChI=1S/C32H32N2O8S/c1-17(2)41-28-14-19(13-27(38-5)31(28)42-18(3)4)12-22(30(35)21-7-9-25-26(16-21)40-11-10-39-25)29(32(36)37)20-6-8-23-24(15-20)34-43-33-23/h6-9,13-18H,10-12H2,1-5H3,(H,36,37)/b29-22+. The van der Waals surface area contributed by atoms with Crippen LogP contribution in [0.15, 0.2) is 54.1 Å². The number of ketones is 1. The number of rotatable bonds is 11. The second kappa shape index (κ2) is 12.7. The summed E-state index contributed by atoms with van der Waals surface area (Å²) >= 11 is 1.03. The third-order valence-electron chi connectivity index (χ3n) is 6.53. The van der Waals surface area contributed by atoms with Crippen LogP contribution in [0.2, 0.25) is 0 Å². The van der Waals surface area contributed by atoms with Gasteiger partial charge in [-0.05, 0) is 81.3 Å². The minimum atomic E-state index is -1.26. The number of benzene rings is 3. The van der Waals surface area contributed by atoms with E-state index in [9.17, 15) is 14.7 Å². The predicted octanol–water partition coefficient (Wildman–Crippen LogP) is 6.01. The maximum absolute atomic E-state index is 14.3. The van der Waals surface area contributed by atoms with Gasteiger partial charge in [-0.1, -0.05) is 6.07 Å². The smallest absolute Gasteiger partial charge is 0.336 e. The van der Waals surface area contributed by atoms with Crippen LogP contribution in [0.4, 0.5) is 0 Å². The van der Waals surface area contributed by atoms with Crippen molar-refractivity contribution in [3.05, 3.63) is 70.8 Å². The molecule has 4 aromatic rings. The van der Waals surface area contributed by atoms with Crippen molar-refractivity contribution in [1.82, 2.24) is 8.75 Å². The Bertz CT molecular complexity index is 1710. The van der Waals surface area contributed by atoms with Crippen molar-refractivity contribution in [3.63, 3.8) is 0 Å². The molecule has 0 aliphatic carbocycles. The molecule has 0 spiro atoms. The van der Waals surface area contributed by atoms with Gasteiger partial charge in [0.05, 0.1) is 36.6 Å². The second-order valence-electron chi connectivity index (χ2n) is 10.4. The monoisotopic (exact) mass is 604 g/mol. The van der Waals surface area contributed by atoms with E-state index >= 15 is 0 Å². The average molecular weight is 605 g/mol. The Labute approximate surface area is 253 Å². The fraction of sp³-hybridized carbons (Fsp3) is 0.312. The number of methoxy groups -OCH3 is 1. The lowest BCUT2D eigenvalue weighted by molar-refractivity contribution is -0.130. The molecule has 1 aliphatic rings. The van der Waals surface area contributed by atoms with Gasteiger partial charge >= 0.3 is 5.97 Å². The van der Waals surface area contributed by atoms with Crippen molar-refractivity contribution in [2.24, 2.45) is 0 Å². The van der Waals surface area contributed by atoms with Crippen molar-refractivity contribution in [2.75, 3.05) is 20.3 Å². The quantitative estimate of drug-likeness (QED) is 0.161. The van der Waals surface area contributed by atoms with Gasteiger partial charge in [-0.2, -0.15) is 8.75 Å². The molecule has 1 aromatic heterocycles. The summed E-state index contributed by atoms with van der Waals surface area (Å²) in [4.78, 5) is 27.2. The molecule has 5 rings (SSSR count). The Kier molecular flexibility index (Phi) is 8.81. The first-order valence-corrected chi connectivity index (χ1v) is 14.5. The maximum Gasteiger partial charge on any atom is 0.336 e. The number of allylic oxidation sites excluding steroid dienone is 1. The first-order chi connectivity index (χ1) is 20.6. The molecule has 2 heterocycles. The summed E-state index contributed by atoms with van der Waals surface area (Å²) in [5.74, 6) is 0.476. The highest BCUT2D eigenvalue weighted by molar-refractivity contribution is 7.00. The number of fused-ring (bicyclic) bond motifs is 2. The number of hydrogen-bond donors (Lipinski definition) is 1. The van der Waals surface area contributed by atoms with Crippen LogP contribution in [0.5, 0.6) is 28.7 Å². The number of aromatic nitrogens is 2. The number of ether oxygens (including phenoxy) is 5. The van der Waals surface area contributed by atoms with Gasteiger partial charge < -0.3 is 28.8 Å². The van der Waals surface area contributed by atoms with Gasteiger partial charge in [0.1, 0.15) is 24.2 Å². The highest BCUT2D eigenvalue weighted by atomic mass is 32.1. The molecule has 0 amide bonds. The predicted molar refractivity (Wildman–Crippen MR) is 162 cm³/mol. The number of carbonyl (C=O) groups excluding carboxylic acids is 1. The zero-order valence-electron chi connectivity index (χ0n) is 24.5. The minimum Gasteiger partial charge on any atom is -0.493 e. The number of carboxylic acid groups (broad SMARTS) is 1. The van der Waals surface area contributed by atoms with E-state index < -0.39 is 11.8 Å². The lowest BCUT2D eigenvalue weighted by Gasteiger charge is -2.21. The Morgan fingerprint density at radius 1 is 0.860 bits per heavy atom. The largest absolute Gasteiger partial charge is 0.493 e. The summed E-state index contributed by atoms with van der Waals surface area (Å²) in [5, 5.41) is 10.5. The van der Waals surface area contributed by atoms with E-state index in [0.717, 1.165) is 11.7 Å². The Morgan fingerprint density at radius 2 is 1.53 bits per heavy atom. The third kappa shape index (κ3) is 6.56. The van der Waals surface area contributed by atoms with Crippen LogP contribution in [0, 0.1) is 0 Å². The highest BCUT2D eigenvalue weighted by Gasteiger charge is 2.27. The molecule has 11 heteroatoms. The maximum atomic E-state index is 14.3. The molecule has 3 aromatic carbocycles. The summed E-state index contributed by atoms with van der Waals surface area (Å²) in [7, 11) is 1.52. The molecule has 43 heavy (non-hydrogen) atoms. The first-order valence-electron chi connectivity index (χ1n) is 13.8. The fourth-order valence-corrected chi connectivity index (χ4v) is 5.30. The topological polar surface area (TPSA) is 126 Å². The van der Waals surface area contributed by atoms with Gasteiger partial charge in [0, 0.05) is 17.6 Å². The van der Waals surface area contributed by atoms with Gasteiger partial charge in [0.2, 0.25) is 5.75 Å². The molecule has 10 nitrogen and oxygen atoms in total. The van der Waals surface area contributed by atoms with Crippen LogP contribution in [0.25, 0.3) is 16.6 Å². The van der Waals surface area contributed by atoms with E-state index in [1.165, 1.54) is 7.11 Å². The van der Waals surface area contributed by atoms with E-state index in [-0.39, 0.29) is 35.3 Å². The number of nitrogens with zero attached hydrogens (tertiary/aromatic N) is 2. The van der Waals surface area contributed by atoms with Gasteiger partial charge in [0.25, 0.3) is 0 Å². The molecule has 224 valence electrons. The van der Waals surface area contributed by atoms with Crippen molar-refractivity contribution < 1.29 is 38.4 Å². The second-order valence-corrected chi connectivity index (χ2v) is 11.0. The Hall–Kier alpha value is -4.64. The molecular weight excluding hydrogens is 572 g/mol.